The molecule has 1 aliphatic heterocycles. The summed E-state index contributed by atoms with van der Waals surface area (Å²) < 4.78 is 5.70. The van der Waals surface area contributed by atoms with E-state index in [1.165, 1.54) is 17.5 Å². The minimum absolute atomic E-state index is 0.0787. The molecule has 0 radical (unpaired) electrons. The Bertz CT molecular complexity index is 1080. The molecule has 4 rings (SSSR count). The molecule has 2 aromatic heterocycles. The summed E-state index contributed by atoms with van der Waals surface area (Å²) in [6, 6.07) is 9.31. The zero-order chi connectivity index (χ0) is 21.8. The number of nitrogens with zero attached hydrogens (tertiary/aromatic N) is 3. The first-order chi connectivity index (χ1) is 15.0. The van der Waals surface area contributed by atoms with Crippen LogP contribution in [0.25, 0.3) is 0 Å². The monoisotopic (exact) mass is 437 g/mol. The van der Waals surface area contributed by atoms with Crippen LogP contribution in [-0.4, -0.2) is 34.4 Å². The number of rotatable bonds is 7. The number of benzene rings is 1. The molecule has 8 nitrogen and oxygen atoms in total. The number of pyridine rings is 1. The Hall–Kier alpha value is -3.46. The number of fused-ring (bicyclic) bond motifs is 1. The summed E-state index contributed by atoms with van der Waals surface area (Å²) in [5, 5.41) is 7.81. The predicted octanol–water partition coefficient (Wildman–Crippen LogP) is 3.21. The molecule has 3 heterocycles. The molecular weight excluding hydrogens is 414 g/mol. The van der Waals surface area contributed by atoms with E-state index in [1.807, 2.05) is 43.5 Å². The molecule has 0 saturated heterocycles. The van der Waals surface area contributed by atoms with E-state index in [-0.39, 0.29) is 24.5 Å². The number of hydrogen-bond acceptors (Lipinski definition) is 7. The Morgan fingerprint density at radius 1 is 1.32 bits per heavy atom. The van der Waals surface area contributed by atoms with Crippen LogP contribution in [-0.2, 0) is 17.9 Å². The van der Waals surface area contributed by atoms with Crippen molar-refractivity contribution < 1.29 is 14.3 Å². The van der Waals surface area contributed by atoms with Crippen molar-refractivity contribution in [1.29, 1.82) is 0 Å². The zero-order valence-corrected chi connectivity index (χ0v) is 18.1. The van der Waals surface area contributed by atoms with E-state index in [4.69, 9.17) is 4.74 Å². The molecule has 0 atom stereocenters. The maximum atomic E-state index is 12.8. The number of carbonyl (C=O) groups excluding carboxylic acids is 2. The molecule has 1 aliphatic rings. The highest BCUT2D eigenvalue weighted by Gasteiger charge is 2.26. The first-order valence-electron chi connectivity index (χ1n) is 9.95. The van der Waals surface area contributed by atoms with Gasteiger partial charge >= 0.3 is 0 Å². The van der Waals surface area contributed by atoms with E-state index in [0.717, 1.165) is 17.0 Å². The average Bonchev–Trinajstić information content (AvgIpc) is 3.27. The maximum absolute atomic E-state index is 12.8. The minimum atomic E-state index is -0.267. The molecule has 0 fully saturated rings. The molecule has 0 aliphatic carbocycles. The van der Waals surface area contributed by atoms with E-state index in [1.54, 1.807) is 16.5 Å². The van der Waals surface area contributed by atoms with E-state index in [9.17, 15) is 9.59 Å². The van der Waals surface area contributed by atoms with Crippen LogP contribution in [0.1, 0.15) is 35.5 Å². The van der Waals surface area contributed by atoms with Crippen molar-refractivity contribution in [2.75, 3.05) is 16.8 Å². The molecule has 3 aromatic rings. The minimum Gasteiger partial charge on any atom is -0.491 e. The van der Waals surface area contributed by atoms with Gasteiger partial charge in [-0.2, -0.15) is 0 Å². The standard InChI is InChI=1S/C22H23N5O3S/c1-14(2)30-18-5-3-4-15(6-18)8-25-22(29)16-7-19-21(23-9-16)24-10-20(28)27(19)11-17-12-31-13-26-17/h3-7,9,12-14H,8,10-11H2,1-2H3,(H,23,24)(H,25,29). The van der Waals surface area contributed by atoms with Gasteiger partial charge in [0.1, 0.15) is 5.75 Å². The van der Waals surface area contributed by atoms with Crippen molar-refractivity contribution >= 4 is 34.7 Å². The smallest absolute Gasteiger partial charge is 0.253 e. The van der Waals surface area contributed by atoms with Gasteiger partial charge in [-0.15, -0.1) is 11.3 Å². The Morgan fingerprint density at radius 2 is 2.19 bits per heavy atom. The first kappa shape index (κ1) is 20.8. The van der Waals surface area contributed by atoms with Crippen LogP contribution >= 0.6 is 11.3 Å². The number of anilines is 2. The fourth-order valence-corrected chi connectivity index (χ4v) is 3.79. The van der Waals surface area contributed by atoms with Gasteiger partial charge in [0.15, 0.2) is 5.82 Å². The third-order valence-electron chi connectivity index (χ3n) is 4.66. The van der Waals surface area contributed by atoms with Gasteiger partial charge in [-0.1, -0.05) is 12.1 Å². The number of ether oxygens (including phenoxy) is 1. The summed E-state index contributed by atoms with van der Waals surface area (Å²) in [6.07, 6.45) is 1.59. The lowest BCUT2D eigenvalue weighted by atomic mass is 10.1. The Balaban J connectivity index is 1.48. The molecule has 0 spiro atoms. The Morgan fingerprint density at radius 3 is 2.97 bits per heavy atom. The van der Waals surface area contributed by atoms with Gasteiger partial charge in [0.2, 0.25) is 5.91 Å². The maximum Gasteiger partial charge on any atom is 0.253 e. The van der Waals surface area contributed by atoms with Gasteiger partial charge in [-0.05, 0) is 37.6 Å². The van der Waals surface area contributed by atoms with Crippen molar-refractivity contribution in [1.82, 2.24) is 15.3 Å². The van der Waals surface area contributed by atoms with Crippen LogP contribution in [0.15, 0.2) is 47.4 Å². The normalized spacial score (nSPS) is 13.0. The summed E-state index contributed by atoms with van der Waals surface area (Å²) in [4.78, 5) is 35.5. The van der Waals surface area contributed by atoms with Crippen molar-refractivity contribution in [2.45, 2.75) is 33.0 Å². The summed E-state index contributed by atoms with van der Waals surface area (Å²) in [5.74, 6) is 0.975. The highest BCUT2D eigenvalue weighted by molar-refractivity contribution is 7.07. The largest absolute Gasteiger partial charge is 0.491 e. The quantitative estimate of drug-likeness (QED) is 0.589. The molecule has 0 bridgehead atoms. The lowest BCUT2D eigenvalue weighted by Crippen LogP contribution is -2.40. The summed E-state index contributed by atoms with van der Waals surface area (Å²) in [7, 11) is 0. The van der Waals surface area contributed by atoms with E-state index in [2.05, 4.69) is 20.6 Å². The van der Waals surface area contributed by atoms with Crippen molar-refractivity contribution in [3.8, 4) is 5.75 Å². The zero-order valence-electron chi connectivity index (χ0n) is 17.3. The van der Waals surface area contributed by atoms with Crippen LogP contribution < -0.4 is 20.3 Å². The number of hydrogen-bond donors (Lipinski definition) is 2. The topological polar surface area (TPSA) is 96.4 Å². The molecule has 31 heavy (non-hydrogen) atoms. The van der Waals surface area contributed by atoms with E-state index in [0.29, 0.717) is 30.2 Å². The van der Waals surface area contributed by atoms with Crippen LogP contribution in [0.4, 0.5) is 11.5 Å². The number of thiazole rings is 1. The van der Waals surface area contributed by atoms with Gasteiger partial charge in [-0.3, -0.25) is 9.59 Å². The van der Waals surface area contributed by atoms with Crippen LogP contribution in [0.3, 0.4) is 0 Å². The van der Waals surface area contributed by atoms with Gasteiger partial charge in [0, 0.05) is 18.1 Å². The fraction of sp³-hybridized carbons (Fsp3) is 0.273. The molecule has 1 aromatic carbocycles. The van der Waals surface area contributed by atoms with Gasteiger partial charge < -0.3 is 20.3 Å². The SMILES string of the molecule is CC(C)Oc1cccc(CNC(=O)c2cnc3c(c2)N(Cc2cscn2)C(=O)CN3)c1. The van der Waals surface area contributed by atoms with E-state index >= 15 is 0 Å². The summed E-state index contributed by atoms with van der Waals surface area (Å²) in [5.41, 5.74) is 4.41. The van der Waals surface area contributed by atoms with E-state index < -0.39 is 0 Å². The van der Waals surface area contributed by atoms with Crippen LogP contribution in [0.5, 0.6) is 5.75 Å². The molecular formula is C22H23N5O3S. The number of nitrogens with one attached hydrogen (secondary N) is 2. The van der Waals surface area contributed by atoms with Crippen molar-refractivity contribution in [2.24, 2.45) is 0 Å². The van der Waals surface area contributed by atoms with Gasteiger partial charge in [0.05, 0.1) is 41.6 Å². The number of carbonyl (C=O) groups is 2. The molecule has 2 N–H and O–H groups in total. The number of aromatic nitrogens is 2. The second-order valence-electron chi connectivity index (χ2n) is 7.40. The highest BCUT2D eigenvalue weighted by Crippen LogP contribution is 2.29. The summed E-state index contributed by atoms with van der Waals surface area (Å²) >= 11 is 1.47. The lowest BCUT2D eigenvalue weighted by molar-refractivity contribution is -0.117. The molecule has 2 amide bonds. The fourth-order valence-electron chi connectivity index (χ4n) is 3.24. The molecule has 0 unspecified atom stereocenters. The lowest BCUT2D eigenvalue weighted by Gasteiger charge is -2.29. The third kappa shape index (κ3) is 5.00. The van der Waals surface area contributed by atoms with Crippen LogP contribution in [0, 0.1) is 0 Å². The Kier molecular flexibility index (Phi) is 6.13. The van der Waals surface area contributed by atoms with Gasteiger partial charge in [0.25, 0.3) is 5.91 Å². The second-order valence-corrected chi connectivity index (χ2v) is 8.12. The average molecular weight is 438 g/mol. The molecule has 0 saturated carbocycles. The van der Waals surface area contributed by atoms with Gasteiger partial charge in [-0.25, -0.2) is 9.97 Å². The molecule has 160 valence electrons. The van der Waals surface area contributed by atoms with Crippen molar-refractivity contribution in [3.63, 3.8) is 0 Å². The van der Waals surface area contributed by atoms with Crippen LogP contribution in [0.2, 0.25) is 0 Å². The second kappa shape index (κ2) is 9.13. The summed E-state index contributed by atoms with van der Waals surface area (Å²) in [6.45, 7) is 4.78. The molecule has 9 heteroatoms. The predicted molar refractivity (Wildman–Crippen MR) is 119 cm³/mol. The number of amides is 2. The third-order valence-corrected chi connectivity index (χ3v) is 5.29. The Labute approximate surface area is 184 Å². The van der Waals surface area contributed by atoms with Crippen molar-refractivity contribution in [3.05, 3.63) is 64.2 Å². The highest BCUT2D eigenvalue weighted by atomic mass is 32.1. The first-order valence-corrected chi connectivity index (χ1v) is 10.9.